The van der Waals surface area contributed by atoms with Crippen molar-refractivity contribution in [2.45, 2.75) is 311 Å². The minimum atomic E-state index is -3.85. The summed E-state index contributed by atoms with van der Waals surface area (Å²) in [6.45, 7) is 1.01. The molecule has 3 aromatic rings. The Morgan fingerprint density at radius 2 is 1.19 bits per heavy atom. The Balaban J connectivity index is 1.15. The summed E-state index contributed by atoms with van der Waals surface area (Å²) < 4.78 is 25.6. The van der Waals surface area contributed by atoms with Gasteiger partial charge in [-0.15, -0.1) is 0 Å². The number of fused-ring (bicyclic) bond motifs is 2. The number of hydrogen-bond acceptors (Lipinski definition) is 23. The fraction of sp³-hybridized carbons (Fsp3) is 0.622. The van der Waals surface area contributed by atoms with Crippen molar-refractivity contribution in [3.63, 3.8) is 0 Å². The fourth-order valence-corrected chi connectivity index (χ4v) is 17.0. The van der Waals surface area contributed by atoms with Gasteiger partial charge in [-0.2, -0.15) is 0 Å². The zero-order valence-corrected chi connectivity index (χ0v) is 76.3. The van der Waals surface area contributed by atoms with E-state index in [4.69, 9.17) is 28.7 Å². The van der Waals surface area contributed by atoms with E-state index in [0.29, 0.717) is 36.8 Å². The number of carbonyl (C=O) groups is 16. The Kier molecular flexibility index (Phi) is 48.1. The maximum atomic E-state index is 15.4. The SMILES string of the molecule is CCCCCCCCCCCCCCCC(=O)CS(=O)(=O)CCCC(=O)NCC(=O)N[C@@H](CO)C(=O)N[C@@H](CCC(N)=O)C(=O)N[C@@H](CC1=CCC=N1)C(=O)N[C@@H](CN)C(=O)N[C@@H](CCCC)C(=O)N[C@H]1CCC(=O)CCCCC[C@@H](C(N)=O)NC(=O)[C@H](Cc2c[nH]c3ccccc23)NC(=O)[C@H](CCCN=C(N)N)NC(=O)[C@@H](Cc2ccccc2)NC(=O)[C@@H]2C[C@@H](O)CN2C1=O. The second-order valence-corrected chi connectivity index (χ2v) is 36.0. The van der Waals surface area contributed by atoms with E-state index in [1.165, 1.54) is 57.6 Å². The first-order valence-corrected chi connectivity index (χ1v) is 47.8. The highest BCUT2D eigenvalue weighted by molar-refractivity contribution is 7.92. The number of aliphatic imine (C=N–C) groups is 2. The summed E-state index contributed by atoms with van der Waals surface area (Å²) in [6, 6.07) is -1.58. The molecule has 0 spiro atoms. The van der Waals surface area contributed by atoms with E-state index < -0.39 is 240 Å². The third-order valence-corrected chi connectivity index (χ3v) is 24.7. The lowest BCUT2D eigenvalue weighted by molar-refractivity contribution is -0.143. The average molecular weight is 1850 g/mol. The summed E-state index contributed by atoms with van der Waals surface area (Å²) in [4.78, 5) is 237. The number of aliphatic hydroxyl groups is 2. The molecule has 41 heteroatoms. The number of aromatic nitrogens is 1. The molecule has 6 rings (SSSR count). The second-order valence-electron chi connectivity index (χ2n) is 33.9. The normalized spacial score (nSPS) is 19.7. The third-order valence-electron chi connectivity index (χ3n) is 23.0. The van der Waals surface area contributed by atoms with Crippen LogP contribution in [0, 0.1) is 0 Å². The van der Waals surface area contributed by atoms with Crippen molar-refractivity contribution in [1.82, 2.24) is 68.4 Å². The molecule has 0 radical (unpaired) electrons. The maximum Gasteiger partial charge on any atom is 0.245 e. The predicted molar refractivity (Wildman–Crippen MR) is 490 cm³/mol. The Bertz CT molecular complexity index is 4520. The van der Waals surface area contributed by atoms with Gasteiger partial charge in [0, 0.05) is 113 Å². The summed E-state index contributed by atoms with van der Waals surface area (Å²) in [5, 5.41) is 50.5. The standard InChI is InChI=1S/C90H138N20O20S/c1-3-5-7-8-9-10-11-12-13-14-15-16-21-33-61(113)56-131(129,130)46-28-39-77(116)99-53-78(117)100-74(55-111)87(126)104-68(42-43-76(92)115)82(121)107-72(49-59-31-26-44-96-59)85(124)109-73(51-91)86(125)103-66(35-6-4-2)80(119)105-69-41-40-60(112)32-22-18-23-37-65(79(93)118)101-84(123)71(48-58-52-98-64-36-25-24-34-63(58)64)106-81(120)67(38-27-45-97-90(94)95)102-83(122)70(47-57-29-19-17-20-30-57)108-88(127)75-50-62(114)54-110(75)89(69)128/h17,19-20,24-25,29-31,34,36,44,52,62,65-75,98,111,114H,3-16,18,21-23,26-28,32-33,35,37-43,45-51,53-56,91H2,1-2H3,(H2,92,115)(H2,93,118)(H,99,116)(H,100,117)(H,101,123)(H,102,122)(H,103,125)(H,104,126)(H,105,119)(H,106,120)(H,107,121)(H,108,127)(H,109,124)(H4,94,95,97)/t62-,65+,66+,67+,68+,69+,70-,71+,72+,73+,74+,75+/m1/s1. The predicted octanol–water partition coefficient (Wildman–Crippen LogP) is 0.132. The number of nitrogens with two attached hydrogens (primary N) is 5. The van der Waals surface area contributed by atoms with E-state index in [9.17, 15) is 81.0 Å². The Labute approximate surface area is 765 Å². The molecule has 14 amide bonds. The number of allylic oxidation sites excluding steroid dienone is 1. The van der Waals surface area contributed by atoms with Gasteiger partial charge in [0.15, 0.2) is 15.8 Å². The molecule has 40 nitrogen and oxygen atoms in total. The molecule has 3 aliphatic rings. The van der Waals surface area contributed by atoms with Gasteiger partial charge < -0.3 is 107 Å². The summed E-state index contributed by atoms with van der Waals surface area (Å²) in [5.41, 5.74) is 31.0. The number of Topliss-reactive ketones (excluding diaryl/α,β-unsaturated/α-hetero) is 2. The topological polar surface area (TPSA) is 654 Å². The highest BCUT2D eigenvalue weighted by atomic mass is 32.2. The van der Waals surface area contributed by atoms with Crippen molar-refractivity contribution >= 4 is 127 Å². The van der Waals surface area contributed by atoms with E-state index in [-0.39, 0.29) is 115 Å². The van der Waals surface area contributed by atoms with Gasteiger partial charge in [-0.3, -0.25) is 86.7 Å². The molecule has 1 aromatic heterocycles. The Morgan fingerprint density at radius 3 is 1.84 bits per heavy atom. The number of primary amides is 2. The Morgan fingerprint density at radius 1 is 0.595 bits per heavy atom. The maximum absolute atomic E-state index is 15.4. The molecular weight excluding hydrogens is 1710 g/mol. The number of ketones is 2. The van der Waals surface area contributed by atoms with E-state index in [0.717, 1.165) is 41.5 Å². The Hall–Kier alpha value is -11.6. The lowest BCUT2D eigenvalue weighted by Gasteiger charge is -2.31. The summed E-state index contributed by atoms with van der Waals surface area (Å²) in [5.74, 6) is -15.6. The van der Waals surface area contributed by atoms with Crippen molar-refractivity contribution in [2.75, 3.05) is 44.3 Å². The van der Waals surface area contributed by atoms with Gasteiger partial charge in [0.1, 0.15) is 83.8 Å². The number of unbranched alkanes of at least 4 members (excludes halogenated alkanes) is 13. The van der Waals surface area contributed by atoms with Gasteiger partial charge in [-0.1, -0.05) is 171 Å². The van der Waals surface area contributed by atoms with Crippen LogP contribution < -0.4 is 87.2 Å². The van der Waals surface area contributed by atoms with Gasteiger partial charge in [0.25, 0.3) is 0 Å². The monoisotopic (exact) mass is 1850 g/mol. The minimum absolute atomic E-state index is 0.00126. The molecule has 0 unspecified atom stereocenters. The molecule has 3 aliphatic heterocycles. The highest BCUT2D eigenvalue weighted by Crippen LogP contribution is 2.25. The number of aromatic amines is 1. The first kappa shape index (κ1) is 108. The van der Waals surface area contributed by atoms with Crippen LogP contribution in [0.5, 0.6) is 0 Å². The number of sulfone groups is 1. The van der Waals surface area contributed by atoms with Crippen LogP contribution in [-0.2, 0) is 99.4 Å². The van der Waals surface area contributed by atoms with Crippen molar-refractivity contribution < 1.29 is 95.3 Å². The van der Waals surface area contributed by atoms with E-state index in [2.05, 4.69) is 80.4 Å². The van der Waals surface area contributed by atoms with Gasteiger partial charge in [0.2, 0.25) is 82.7 Å². The van der Waals surface area contributed by atoms with Gasteiger partial charge in [-0.25, -0.2) is 8.42 Å². The number of amides is 14. The van der Waals surface area contributed by atoms with Crippen LogP contribution in [0.2, 0.25) is 0 Å². The summed E-state index contributed by atoms with van der Waals surface area (Å²) in [6.07, 6.45) is 16.3. The van der Waals surface area contributed by atoms with E-state index in [1.54, 1.807) is 55.6 Å². The quantitative estimate of drug-likeness (QED) is 0.0203. The smallest absolute Gasteiger partial charge is 0.245 e. The molecule has 0 saturated carbocycles. The van der Waals surface area contributed by atoms with Crippen LogP contribution in [0.3, 0.4) is 0 Å². The van der Waals surface area contributed by atoms with Crippen molar-refractivity contribution in [1.29, 1.82) is 0 Å². The van der Waals surface area contributed by atoms with Crippen molar-refractivity contribution in [3.8, 4) is 0 Å². The number of guanidine groups is 1. The number of aliphatic hydroxyl groups excluding tert-OH is 2. The fourth-order valence-electron chi connectivity index (χ4n) is 15.7. The number of carbonyl (C=O) groups excluding carboxylic acids is 16. The van der Waals surface area contributed by atoms with Crippen LogP contribution in [0.15, 0.2) is 82.6 Å². The highest BCUT2D eigenvalue weighted by Gasteiger charge is 2.44. The first-order valence-electron chi connectivity index (χ1n) is 46.0. The lowest BCUT2D eigenvalue weighted by atomic mass is 10.00. The second kappa shape index (κ2) is 58.2. The zero-order valence-electron chi connectivity index (χ0n) is 75.4. The van der Waals surface area contributed by atoms with Crippen LogP contribution >= 0.6 is 0 Å². The van der Waals surface area contributed by atoms with Gasteiger partial charge >= 0.3 is 0 Å². The molecule has 2 fully saturated rings. The molecule has 2 saturated heterocycles. The van der Waals surface area contributed by atoms with Gasteiger partial charge in [-0.05, 0) is 75.0 Å². The van der Waals surface area contributed by atoms with Crippen LogP contribution in [0.25, 0.3) is 10.9 Å². The van der Waals surface area contributed by atoms with Crippen molar-refractivity contribution in [2.24, 2.45) is 38.7 Å². The van der Waals surface area contributed by atoms with Crippen molar-refractivity contribution in [3.05, 3.63) is 83.7 Å². The van der Waals surface area contributed by atoms with Crippen LogP contribution in [0.1, 0.15) is 237 Å². The number of hydrogen-bond donors (Lipinski definition) is 19. The molecular formula is C90H138N20O20S. The summed E-state index contributed by atoms with van der Waals surface area (Å²) in [7, 11) is -3.85. The molecule has 0 aliphatic carbocycles. The molecule has 0 bridgehead atoms. The molecule has 4 heterocycles. The molecule has 131 heavy (non-hydrogen) atoms. The zero-order chi connectivity index (χ0) is 95.8. The average Bonchev–Trinajstić information content (AvgIpc) is 1.69. The largest absolute Gasteiger partial charge is 0.394 e. The molecule has 2 aromatic carbocycles. The van der Waals surface area contributed by atoms with E-state index >= 15 is 14.4 Å². The number of H-pyrrole nitrogens is 1. The number of nitrogens with one attached hydrogen (secondary N) is 12. The number of benzene rings is 2. The number of para-hydroxylation sites is 1. The summed E-state index contributed by atoms with van der Waals surface area (Å²) >= 11 is 0. The van der Waals surface area contributed by atoms with Gasteiger partial charge in [0.05, 0.1) is 25.0 Å². The first-order chi connectivity index (χ1) is 62.7. The molecule has 24 N–H and O–H groups in total. The van der Waals surface area contributed by atoms with E-state index in [1.807, 2.05) is 18.2 Å². The number of rotatable bonds is 52. The van der Waals surface area contributed by atoms with Crippen LogP contribution in [-0.4, -0.2) is 252 Å². The minimum Gasteiger partial charge on any atom is -0.394 e. The molecule has 724 valence electrons. The van der Waals surface area contributed by atoms with Crippen LogP contribution in [0.4, 0.5) is 0 Å². The third kappa shape index (κ3) is 40.0. The molecule has 12 atom stereocenters. The lowest BCUT2D eigenvalue weighted by Crippen LogP contribution is -2.61. The number of nitrogens with zero attached hydrogens (tertiary/aromatic N) is 3.